The Kier molecular flexibility index (Phi) is 14.5. The summed E-state index contributed by atoms with van der Waals surface area (Å²) in [6, 6.07) is 0. The van der Waals surface area contributed by atoms with Crippen molar-refractivity contribution in [3.8, 4) is 0 Å². The zero-order valence-corrected chi connectivity index (χ0v) is 18.6. The van der Waals surface area contributed by atoms with Gasteiger partial charge in [0, 0.05) is 0 Å². The Labute approximate surface area is 144 Å². The summed E-state index contributed by atoms with van der Waals surface area (Å²) in [6.07, 6.45) is 17.8. The molecule has 0 aromatic heterocycles. The Hall–Kier alpha value is -0.0213. The van der Waals surface area contributed by atoms with Crippen molar-refractivity contribution in [2.45, 2.75) is 67.2 Å². The van der Waals surface area contributed by atoms with Crippen molar-refractivity contribution in [2.24, 2.45) is 0 Å². The van der Waals surface area contributed by atoms with E-state index >= 15 is 0 Å². The van der Waals surface area contributed by atoms with Gasteiger partial charge >= 0.3 is 145 Å². The quantitative estimate of drug-likeness (QED) is 0.257. The van der Waals surface area contributed by atoms with E-state index in [1.807, 2.05) is 0 Å². The van der Waals surface area contributed by atoms with Gasteiger partial charge in [-0.2, -0.15) is 0 Å². The average Bonchev–Trinajstić information content (AvgIpc) is 2.53. The van der Waals surface area contributed by atoms with Crippen molar-refractivity contribution in [3.05, 3.63) is 36.5 Å². The molecule has 0 spiro atoms. The summed E-state index contributed by atoms with van der Waals surface area (Å²) in [7, 11) is 0. The summed E-state index contributed by atoms with van der Waals surface area (Å²) in [6.45, 7) is 13.5. The van der Waals surface area contributed by atoms with Crippen LogP contribution >= 0.6 is 0 Å². The number of rotatable bonds is 13. The maximum atomic E-state index is 2.71. The van der Waals surface area contributed by atoms with E-state index < -0.39 is 18.4 Å². The van der Waals surface area contributed by atoms with Gasteiger partial charge in [0.05, 0.1) is 0 Å². The van der Waals surface area contributed by atoms with Gasteiger partial charge in [-0.05, 0) is 0 Å². The Morgan fingerprint density at radius 2 is 1.05 bits per heavy atom. The standard InChI is InChI=1S/C5H12N.3C5H9.Sn/c1-4-6(3)5-2;3*1-3-5-4-2;/h3-5H2,1-2H3;3*4-5H,1,3H2,2H3;/b;3*5-4+;. The second-order valence-corrected chi connectivity index (χ2v) is 20.0. The van der Waals surface area contributed by atoms with Gasteiger partial charge in [-0.25, -0.2) is 0 Å². The van der Waals surface area contributed by atoms with E-state index in [2.05, 4.69) is 76.0 Å². The van der Waals surface area contributed by atoms with Crippen LogP contribution in [0.25, 0.3) is 0 Å². The number of nitrogens with zero attached hydrogens (tertiary/aromatic N) is 1. The van der Waals surface area contributed by atoms with Gasteiger partial charge in [0.1, 0.15) is 0 Å². The van der Waals surface area contributed by atoms with Gasteiger partial charge in [0.2, 0.25) is 0 Å². The van der Waals surface area contributed by atoms with Gasteiger partial charge < -0.3 is 0 Å². The topological polar surface area (TPSA) is 3.24 Å². The number of hydrogen-bond acceptors (Lipinski definition) is 1. The van der Waals surface area contributed by atoms with Crippen LogP contribution < -0.4 is 0 Å². The molecular weight excluding hydrogens is 373 g/mol. The van der Waals surface area contributed by atoms with Crippen LogP contribution in [-0.4, -0.2) is 40.9 Å². The van der Waals surface area contributed by atoms with Gasteiger partial charge in [-0.3, -0.25) is 0 Å². The van der Waals surface area contributed by atoms with Crippen molar-refractivity contribution in [1.82, 2.24) is 4.90 Å². The third-order valence-corrected chi connectivity index (χ3v) is 19.4. The van der Waals surface area contributed by atoms with Crippen molar-refractivity contribution in [3.63, 3.8) is 0 Å². The summed E-state index contributed by atoms with van der Waals surface area (Å²) in [5.74, 6) is 0. The summed E-state index contributed by atoms with van der Waals surface area (Å²) in [4.78, 5) is 2.71. The van der Waals surface area contributed by atoms with E-state index in [0.29, 0.717) is 0 Å². The predicted octanol–water partition coefficient (Wildman–Crippen LogP) is 6.21. The first-order valence-electron chi connectivity index (χ1n) is 9.23. The summed E-state index contributed by atoms with van der Waals surface area (Å²) >= 11 is -2.10. The third-order valence-electron chi connectivity index (χ3n) is 4.68. The number of allylic oxidation sites excluding steroid dienone is 6. The molecule has 0 rings (SSSR count). The van der Waals surface area contributed by atoms with Gasteiger partial charge in [0.15, 0.2) is 0 Å². The molecule has 0 heterocycles. The average molecular weight is 412 g/mol. The van der Waals surface area contributed by atoms with E-state index in [1.165, 1.54) is 50.2 Å². The molecule has 0 aliphatic rings. The van der Waals surface area contributed by atoms with Crippen LogP contribution in [0.5, 0.6) is 0 Å². The van der Waals surface area contributed by atoms with Crippen molar-refractivity contribution in [2.75, 3.05) is 17.7 Å². The Balaban J connectivity index is 5.05. The second-order valence-electron chi connectivity index (χ2n) is 6.28. The molecule has 22 heavy (non-hydrogen) atoms. The molecule has 0 bridgehead atoms. The van der Waals surface area contributed by atoms with E-state index in [9.17, 15) is 0 Å². The fraction of sp³-hybridized carbons (Fsp3) is 0.700. The van der Waals surface area contributed by atoms with Gasteiger partial charge in [0.25, 0.3) is 0 Å². The predicted molar refractivity (Wildman–Crippen MR) is 106 cm³/mol. The first-order chi connectivity index (χ1) is 10.7. The van der Waals surface area contributed by atoms with Crippen LogP contribution in [0.3, 0.4) is 0 Å². The molecule has 0 aromatic rings. The summed E-state index contributed by atoms with van der Waals surface area (Å²) < 4.78 is 6.01. The van der Waals surface area contributed by atoms with Crippen LogP contribution in [0.4, 0.5) is 0 Å². The van der Waals surface area contributed by atoms with Gasteiger partial charge in [-0.15, -0.1) is 0 Å². The molecule has 1 nitrogen and oxygen atoms in total. The molecule has 0 saturated heterocycles. The molecular formula is C20H39NSn. The minimum absolute atomic E-state index is 1.21. The zero-order valence-electron chi connectivity index (χ0n) is 15.8. The zero-order chi connectivity index (χ0) is 16.7. The van der Waals surface area contributed by atoms with Gasteiger partial charge in [-0.1, -0.05) is 0 Å². The van der Waals surface area contributed by atoms with Crippen LogP contribution in [-0.2, 0) is 0 Å². The molecule has 0 aliphatic carbocycles. The van der Waals surface area contributed by atoms with Crippen LogP contribution in [0.1, 0.15) is 53.9 Å². The number of hydrogen-bond donors (Lipinski definition) is 0. The van der Waals surface area contributed by atoms with Crippen molar-refractivity contribution >= 4 is 18.4 Å². The van der Waals surface area contributed by atoms with E-state index in [1.54, 1.807) is 0 Å². The molecule has 0 N–H and O–H groups in total. The molecule has 0 amide bonds. The molecule has 2 heteroatoms. The van der Waals surface area contributed by atoms with Crippen molar-refractivity contribution < 1.29 is 0 Å². The second kappa shape index (κ2) is 14.6. The van der Waals surface area contributed by atoms with Crippen LogP contribution in [0, 0.1) is 0 Å². The third kappa shape index (κ3) is 9.89. The summed E-state index contributed by atoms with van der Waals surface area (Å²) in [5.41, 5.74) is 0. The molecule has 0 fully saturated rings. The normalized spacial score (nSPS) is 13.4. The Bertz CT molecular complexity index is 286. The summed E-state index contributed by atoms with van der Waals surface area (Å²) in [5, 5.41) is 0. The molecule has 0 unspecified atom stereocenters. The van der Waals surface area contributed by atoms with E-state index in [-0.39, 0.29) is 0 Å². The fourth-order valence-corrected chi connectivity index (χ4v) is 17.4. The first-order valence-corrected chi connectivity index (χ1v) is 17.3. The fourth-order valence-electron chi connectivity index (χ4n) is 3.20. The van der Waals surface area contributed by atoms with E-state index in [0.717, 1.165) is 0 Å². The van der Waals surface area contributed by atoms with E-state index in [4.69, 9.17) is 0 Å². The maximum absolute atomic E-state index is 2.71. The molecule has 0 atom stereocenters. The Morgan fingerprint density at radius 1 is 0.682 bits per heavy atom. The SMILES string of the molecule is C/C=C/C[CH2][Sn]([CH2]C/C=C/C)([CH2]C/C=C/C)[CH2]N(CC)CC. The minimum atomic E-state index is -2.10. The molecule has 0 radical (unpaired) electrons. The molecule has 0 aliphatic heterocycles. The monoisotopic (exact) mass is 413 g/mol. The first kappa shape index (κ1) is 22.0. The molecule has 128 valence electrons. The molecule has 0 aromatic carbocycles. The van der Waals surface area contributed by atoms with Crippen LogP contribution in [0.2, 0.25) is 13.3 Å². The molecule has 0 saturated carbocycles. The van der Waals surface area contributed by atoms with Crippen LogP contribution in [0.15, 0.2) is 36.5 Å². The van der Waals surface area contributed by atoms with Crippen molar-refractivity contribution in [1.29, 1.82) is 0 Å². The Morgan fingerprint density at radius 3 is 1.32 bits per heavy atom.